The third-order valence-corrected chi connectivity index (χ3v) is 5.91. The van der Waals surface area contributed by atoms with Crippen LogP contribution in [0.1, 0.15) is 28.0 Å². The van der Waals surface area contributed by atoms with E-state index >= 15 is 0 Å². The Kier molecular flexibility index (Phi) is 7.41. The molecule has 30 heavy (non-hydrogen) atoms. The molecule has 1 aliphatic rings. The second-order valence-electron chi connectivity index (χ2n) is 6.94. The molecule has 1 aromatic heterocycles. The molecule has 9 heteroatoms. The maximum Gasteiger partial charge on any atom is 0.410 e. The molecule has 2 heterocycles. The van der Waals surface area contributed by atoms with Crippen LogP contribution in [0.5, 0.6) is 0 Å². The van der Waals surface area contributed by atoms with Gasteiger partial charge in [-0.3, -0.25) is 4.79 Å². The molecule has 3 rings (SSSR count). The largest absolute Gasteiger partial charge is 0.447 e. The first-order valence-corrected chi connectivity index (χ1v) is 10.4. The van der Waals surface area contributed by atoms with Gasteiger partial charge in [-0.1, -0.05) is 30.3 Å². The van der Waals surface area contributed by atoms with E-state index in [1.165, 1.54) is 16.2 Å². The lowest BCUT2D eigenvalue weighted by molar-refractivity contribution is -0.116. The summed E-state index contributed by atoms with van der Waals surface area (Å²) in [5, 5.41) is 31.0. The number of rotatable bonds is 7. The van der Waals surface area contributed by atoms with E-state index in [2.05, 4.69) is 11.4 Å². The van der Waals surface area contributed by atoms with Gasteiger partial charge in [0.2, 0.25) is 5.91 Å². The number of amides is 2. The van der Waals surface area contributed by atoms with Crippen molar-refractivity contribution in [2.45, 2.75) is 31.9 Å². The van der Waals surface area contributed by atoms with E-state index in [0.29, 0.717) is 36.4 Å². The van der Waals surface area contributed by atoms with Crippen LogP contribution < -0.4 is 5.32 Å². The maximum atomic E-state index is 12.4. The molecule has 0 radical (unpaired) electrons. The van der Waals surface area contributed by atoms with Crippen molar-refractivity contribution in [3.05, 3.63) is 51.9 Å². The van der Waals surface area contributed by atoms with Crippen molar-refractivity contribution in [2.24, 2.45) is 0 Å². The molecule has 1 aromatic carbocycles. The normalized spacial score (nSPS) is 13.8. The lowest BCUT2D eigenvalue weighted by Crippen LogP contribution is -2.37. The number of thiophene rings is 1. The molecular weight excluding hydrogens is 406 g/mol. The van der Waals surface area contributed by atoms with Crippen molar-refractivity contribution < 1.29 is 24.5 Å². The first-order chi connectivity index (χ1) is 14.5. The van der Waals surface area contributed by atoms with Gasteiger partial charge in [-0.05, 0) is 24.0 Å². The monoisotopic (exact) mass is 429 g/mol. The van der Waals surface area contributed by atoms with Crippen LogP contribution in [0.2, 0.25) is 0 Å². The molecule has 3 N–H and O–H groups in total. The van der Waals surface area contributed by atoms with Gasteiger partial charge in [0.05, 0.1) is 18.7 Å². The number of carbonyl (C=O) groups excluding carboxylic acids is 2. The molecule has 1 unspecified atom stereocenters. The molecule has 0 aliphatic carbocycles. The number of aliphatic hydroxyl groups is 2. The van der Waals surface area contributed by atoms with Gasteiger partial charge in [0, 0.05) is 17.8 Å². The molecule has 0 spiro atoms. The van der Waals surface area contributed by atoms with Crippen LogP contribution in [0.3, 0.4) is 0 Å². The van der Waals surface area contributed by atoms with E-state index in [-0.39, 0.29) is 19.1 Å². The van der Waals surface area contributed by atoms with E-state index < -0.39 is 18.8 Å². The lowest BCUT2D eigenvalue weighted by Gasteiger charge is -2.26. The zero-order chi connectivity index (χ0) is 21.5. The number of nitrogens with one attached hydrogen (secondary N) is 1. The molecule has 2 aromatic rings. The van der Waals surface area contributed by atoms with E-state index in [9.17, 15) is 20.0 Å². The molecule has 0 fully saturated rings. The molecule has 1 atom stereocenters. The molecule has 0 saturated carbocycles. The Labute approximate surface area is 178 Å². The van der Waals surface area contributed by atoms with Gasteiger partial charge in [0.25, 0.3) is 0 Å². The van der Waals surface area contributed by atoms with Crippen molar-refractivity contribution in [1.29, 1.82) is 5.26 Å². The Hall–Kier alpha value is -2.93. The fraction of sp³-hybridized carbons (Fsp3) is 0.381. The number of aliphatic hydroxyl groups excluding tert-OH is 2. The summed E-state index contributed by atoms with van der Waals surface area (Å²) in [5.41, 5.74) is 2.37. The highest BCUT2D eigenvalue weighted by atomic mass is 32.1. The Balaban J connectivity index is 1.62. The van der Waals surface area contributed by atoms with Crippen LogP contribution >= 0.6 is 11.3 Å². The average Bonchev–Trinajstić information content (AvgIpc) is 3.12. The van der Waals surface area contributed by atoms with E-state index in [0.717, 1.165) is 16.0 Å². The number of fused-ring (bicyclic) bond motifs is 1. The molecule has 8 nitrogen and oxygen atoms in total. The summed E-state index contributed by atoms with van der Waals surface area (Å²) in [6, 6.07) is 11.9. The zero-order valence-corrected chi connectivity index (χ0v) is 17.2. The van der Waals surface area contributed by atoms with Gasteiger partial charge in [-0.25, -0.2) is 4.79 Å². The van der Waals surface area contributed by atoms with Gasteiger partial charge in [-0.2, -0.15) is 5.26 Å². The molecule has 158 valence electrons. The number of nitriles is 1. The Morgan fingerprint density at radius 1 is 1.33 bits per heavy atom. The number of hydrogen-bond donors (Lipinski definition) is 3. The minimum atomic E-state index is -1.11. The first kappa shape index (κ1) is 21.8. The molecule has 0 bridgehead atoms. The number of ether oxygens (including phenoxy) is 1. The van der Waals surface area contributed by atoms with Gasteiger partial charge in [0.1, 0.15) is 23.8 Å². The minimum Gasteiger partial charge on any atom is -0.447 e. The number of hydrogen-bond acceptors (Lipinski definition) is 7. The highest BCUT2D eigenvalue weighted by Crippen LogP contribution is 2.36. The smallest absolute Gasteiger partial charge is 0.410 e. The second-order valence-corrected chi connectivity index (χ2v) is 8.04. The number of benzene rings is 1. The maximum absolute atomic E-state index is 12.4. The summed E-state index contributed by atoms with van der Waals surface area (Å²) >= 11 is 1.29. The Bertz CT molecular complexity index is 938. The topological polar surface area (TPSA) is 123 Å². The first-order valence-electron chi connectivity index (χ1n) is 9.60. The second kappa shape index (κ2) is 10.2. The van der Waals surface area contributed by atoms with Crippen LogP contribution in [-0.4, -0.2) is 53.0 Å². The Morgan fingerprint density at radius 3 is 2.80 bits per heavy atom. The molecule has 2 amide bonds. The SMILES string of the molecule is N#Cc1c(NC(=O)CCc2ccccc2)sc2c1CCN(C(=O)OCC(O)CO)C2. The Morgan fingerprint density at radius 2 is 2.10 bits per heavy atom. The molecular formula is C21H23N3O5S. The summed E-state index contributed by atoms with van der Waals surface area (Å²) in [4.78, 5) is 26.8. The number of nitrogens with zero attached hydrogens (tertiary/aromatic N) is 2. The van der Waals surface area contributed by atoms with Crippen LogP contribution in [-0.2, 0) is 28.9 Å². The summed E-state index contributed by atoms with van der Waals surface area (Å²) in [5.74, 6) is -0.164. The summed E-state index contributed by atoms with van der Waals surface area (Å²) in [6.45, 7) is -0.132. The van der Waals surface area contributed by atoms with Crippen molar-refractivity contribution >= 4 is 28.3 Å². The number of aryl methyl sites for hydroxylation is 1. The van der Waals surface area contributed by atoms with Crippen LogP contribution in [0.15, 0.2) is 30.3 Å². The summed E-state index contributed by atoms with van der Waals surface area (Å²) in [6.07, 6.45) is -0.304. The lowest BCUT2D eigenvalue weighted by atomic mass is 10.0. The highest BCUT2D eigenvalue weighted by Gasteiger charge is 2.28. The van der Waals surface area contributed by atoms with E-state index in [1.54, 1.807) is 0 Å². The van der Waals surface area contributed by atoms with Crippen LogP contribution in [0.25, 0.3) is 0 Å². The van der Waals surface area contributed by atoms with E-state index in [4.69, 9.17) is 9.84 Å². The van der Waals surface area contributed by atoms with Crippen molar-refractivity contribution in [2.75, 3.05) is 25.1 Å². The van der Waals surface area contributed by atoms with E-state index in [1.807, 2.05) is 30.3 Å². The predicted molar refractivity (Wildman–Crippen MR) is 111 cm³/mol. The van der Waals surface area contributed by atoms with Crippen molar-refractivity contribution in [3.63, 3.8) is 0 Å². The third-order valence-electron chi connectivity index (χ3n) is 4.77. The van der Waals surface area contributed by atoms with Crippen molar-refractivity contribution in [3.8, 4) is 6.07 Å². The number of anilines is 1. The minimum absolute atomic E-state index is 0.164. The average molecular weight is 429 g/mol. The van der Waals surface area contributed by atoms with Gasteiger partial charge < -0.3 is 25.2 Å². The number of carbonyl (C=O) groups is 2. The highest BCUT2D eigenvalue weighted by molar-refractivity contribution is 7.16. The quantitative estimate of drug-likeness (QED) is 0.619. The fourth-order valence-corrected chi connectivity index (χ4v) is 4.40. The van der Waals surface area contributed by atoms with Crippen LogP contribution in [0, 0.1) is 11.3 Å². The van der Waals surface area contributed by atoms with Gasteiger partial charge in [0.15, 0.2) is 0 Å². The van der Waals surface area contributed by atoms with Gasteiger partial charge in [-0.15, -0.1) is 11.3 Å². The molecule has 0 saturated heterocycles. The van der Waals surface area contributed by atoms with Crippen molar-refractivity contribution in [1.82, 2.24) is 4.90 Å². The predicted octanol–water partition coefficient (Wildman–Crippen LogP) is 2.04. The van der Waals surface area contributed by atoms with Crippen LogP contribution in [0.4, 0.5) is 9.80 Å². The fourth-order valence-electron chi connectivity index (χ4n) is 3.17. The molecule has 1 aliphatic heterocycles. The summed E-state index contributed by atoms with van der Waals surface area (Å²) < 4.78 is 5.00. The standard InChI is InChI=1S/C21H23N3O5S/c22-10-17-16-8-9-24(21(28)29-13-15(26)12-25)11-18(16)30-20(17)23-19(27)7-6-14-4-2-1-3-5-14/h1-5,15,25-26H,6-9,11-13H2,(H,23,27). The summed E-state index contributed by atoms with van der Waals surface area (Å²) in [7, 11) is 0. The zero-order valence-electron chi connectivity index (χ0n) is 16.3. The third kappa shape index (κ3) is 5.36. The van der Waals surface area contributed by atoms with Gasteiger partial charge >= 0.3 is 6.09 Å².